The highest BCUT2D eigenvalue weighted by atomic mass is 16.8. The molecule has 45 nitrogen and oxygen atoms in total. The standard InChI is InChI=1S/C89H158N4O41/c1-6-8-10-12-14-16-18-20-21-22-23-25-27-29-31-33-35-37-60(107)93-50(51(104)36-34-32-30-28-26-24-19-17-15-13-11-9-7-2)46-121-84-72(116)70(114)76(58(44-99)126-84)129-87-74(118)81(134-89(88(119)120)38-52(105)61(90-47(3)101)79(133-89)64(108)53(106)39-94)77(59(45-100)127-87)130-83-63(92-49(5)103)78(66(110)55(41-96)122-83)131-86-73(117)80(67(111)56(42-97)124-86)132-82-62(91-48(4)102)68(112)75(57(43-98)125-82)128-85-71(115)69(113)65(109)54(40-95)123-85/h34,36,50-59,61-87,94-100,104-106,108-118H,6-33,35,37-46H2,1-5H3,(H,90,101)(H,91,102)(H,92,103)(H,93,107)(H,119,120)/b36-34+/t50-,51+,52?,53+,54?,55?,56?,57?,58?,59?,61+,62?,63?,64+,65-,66-,67-,68+,69-,70+,71?,72?,73?,74?,75+,76+,77-,78+,79?,80-,81+,82-,83-,84+,85-,86-,87-,89-/m0/s1. The molecule has 0 aliphatic carbocycles. The van der Waals surface area contributed by atoms with Gasteiger partial charge in [0.1, 0.15) is 165 Å². The van der Waals surface area contributed by atoms with E-state index in [2.05, 4.69) is 35.1 Å². The zero-order valence-electron chi connectivity index (χ0n) is 77.7. The van der Waals surface area contributed by atoms with E-state index in [9.17, 15) is 136 Å². The van der Waals surface area contributed by atoms with Crippen LogP contribution in [0, 0.1) is 0 Å². The van der Waals surface area contributed by atoms with Crippen molar-refractivity contribution in [1.82, 2.24) is 21.3 Å². The van der Waals surface area contributed by atoms with E-state index < -0.39 is 321 Å². The van der Waals surface area contributed by atoms with Crippen molar-refractivity contribution in [2.24, 2.45) is 0 Å². The van der Waals surface area contributed by atoms with Gasteiger partial charge in [0, 0.05) is 33.6 Å². The highest BCUT2D eigenvalue weighted by molar-refractivity contribution is 5.77. The first-order chi connectivity index (χ1) is 64.1. The smallest absolute Gasteiger partial charge is 0.364 e. The molecule has 0 bridgehead atoms. The fraction of sp³-hybridized carbons (Fsp3) is 0.921. The molecule has 7 saturated heterocycles. The Bertz CT molecular complexity index is 3340. The topological polar surface area (TPSA) is 708 Å². The molecule has 0 aromatic rings. The van der Waals surface area contributed by atoms with Crippen LogP contribution in [-0.2, 0) is 90.3 Å². The lowest BCUT2D eigenvalue weighted by Crippen LogP contribution is -2.72. The van der Waals surface area contributed by atoms with Crippen molar-refractivity contribution in [1.29, 1.82) is 0 Å². The normalized spacial score (nSPS) is 36.9. The number of rotatable bonds is 61. The van der Waals surface area contributed by atoms with E-state index in [4.69, 9.17) is 66.3 Å². The predicted molar refractivity (Wildman–Crippen MR) is 464 cm³/mol. The molecule has 7 aliphatic rings. The number of aliphatic hydroxyl groups excluding tert-OH is 21. The van der Waals surface area contributed by atoms with E-state index in [1.807, 2.05) is 0 Å². The highest BCUT2D eigenvalue weighted by Crippen LogP contribution is 2.43. The van der Waals surface area contributed by atoms with Crippen molar-refractivity contribution in [3.63, 3.8) is 0 Å². The summed E-state index contributed by atoms with van der Waals surface area (Å²) in [5.41, 5.74) is 0. The molecule has 14 unspecified atom stereocenters. The van der Waals surface area contributed by atoms with Crippen molar-refractivity contribution < 1.29 is 203 Å². The van der Waals surface area contributed by atoms with Crippen LogP contribution in [0.15, 0.2) is 12.2 Å². The second kappa shape index (κ2) is 60.2. The van der Waals surface area contributed by atoms with E-state index >= 15 is 0 Å². The predicted octanol–water partition coefficient (Wildman–Crippen LogP) is -4.47. The maximum Gasteiger partial charge on any atom is 0.364 e. The molecule has 0 spiro atoms. The van der Waals surface area contributed by atoms with Crippen molar-refractivity contribution in [2.75, 3.05) is 52.9 Å². The maximum atomic E-state index is 14.1. The average Bonchev–Trinajstić information content (AvgIpc) is 0.742. The lowest BCUT2D eigenvalue weighted by molar-refractivity contribution is -0.404. The van der Waals surface area contributed by atoms with Crippen LogP contribution < -0.4 is 21.3 Å². The molecule has 4 amide bonds. The molecule has 134 heavy (non-hydrogen) atoms. The second-order valence-electron chi connectivity index (χ2n) is 36.3. The molecule has 7 rings (SSSR count). The van der Waals surface area contributed by atoms with Crippen LogP contribution in [0.25, 0.3) is 0 Å². The number of amides is 4. The van der Waals surface area contributed by atoms with Crippen LogP contribution in [0.2, 0.25) is 0 Å². The van der Waals surface area contributed by atoms with Crippen LogP contribution in [0.1, 0.15) is 234 Å². The second-order valence-corrected chi connectivity index (χ2v) is 36.3. The Balaban J connectivity index is 1.14. The van der Waals surface area contributed by atoms with Crippen LogP contribution in [-0.4, -0.2) is 427 Å². The number of aliphatic hydroxyl groups is 21. The molecule has 7 aliphatic heterocycles. The number of aliphatic carboxylic acids is 1. The lowest BCUT2D eigenvalue weighted by Gasteiger charge is -2.53. The van der Waals surface area contributed by atoms with Crippen molar-refractivity contribution >= 4 is 29.6 Å². The van der Waals surface area contributed by atoms with Gasteiger partial charge in [0.15, 0.2) is 37.7 Å². The third-order valence-corrected chi connectivity index (χ3v) is 25.7. The minimum Gasteiger partial charge on any atom is -0.477 e. The van der Waals surface area contributed by atoms with Crippen molar-refractivity contribution in [2.45, 2.75) is 466 Å². The number of carbonyl (C=O) groups is 5. The summed E-state index contributed by atoms with van der Waals surface area (Å²) in [6, 6.07) is -7.01. The Morgan fingerprint density at radius 3 is 1.25 bits per heavy atom. The first-order valence-corrected chi connectivity index (χ1v) is 48.1. The number of hydrogen-bond donors (Lipinski definition) is 26. The number of carboxylic acids is 1. The number of carboxylic acid groups (broad SMARTS) is 1. The van der Waals surface area contributed by atoms with Gasteiger partial charge in [-0.3, -0.25) is 19.2 Å². The minimum atomic E-state index is -3.49. The van der Waals surface area contributed by atoms with E-state index in [1.54, 1.807) is 6.08 Å². The molecule has 7 heterocycles. The summed E-state index contributed by atoms with van der Waals surface area (Å²) in [5, 5.41) is 259. The van der Waals surface area contributed by atoms with Gasteiger partial charge < -0.3 is 200 Å². The van der Waals surface area contributed by atoms with Crippen LogP contribution >= 0.6 is 0 Å². The summed E-state index contributed by atoms with van der Waals surface area (Å²) >= 11 is 0. The van der Waals surface area contributed by atoms with Gasteiger partial charge in [-0.15, -0.1) is 0 Å². The molecular weight excluding hydrogens is 1780 g/mol. The minimum absolute atomic E-state index is 0.0978. The molecule has 0 aromatic heterocycles. The zero-order valence-corrected chi connectivity index (χ0v) is 77.7. The summed E-state index contributed by atoms with van der Waals surface area (Å²) in [7, 11) is 0. The summed E-state index contributed by atoms with van der Waals surface area (Å²) < 4.78 is 84.6. The number of ether oxygens (including phenoxy) is 14. The van der Waals surface area contributed by atoms with Gasteiger partial charge in [0.25, 0.3) is 5.79 Å². The Morgan fingerprint density at radius 2 is 0.761 bits per heavy atom. The van der Waals surface area contributed by atoms with Crippen molar-refractivity contribution in [3.8, 4) is 0 Å². The van der Waals surface area contributed by atoms with Gasteiger partial charge in [-0.05, 0) is 19.3 Å². The van der Waals surface area contributed by atoms with E-state index in [-0.39, 0.29) is 6.42 Å². The fourth-order valence-electron chi connectivity index (χ4n) is 18.0. The number of hydrogen-bond acceptors (Lipinski definition) is 40. The molecule has 0 saturated carbocycles. The van der Waals surface area contributed by atoms with Gasteiger partial charge in [-0.25, -0.2) is 4.79 Å². The SMILES string of the molecule is CCCCCCCCCCCCC/C=C/[C@@H](O)[C@H](CO[C@@H]1OC(CO)[C@@H](O[C@@H]2OC(CO)[C@H](O[C@@H]3OC(CO)[C@H](O)[C@H](O[C@@H]4OC(CO)[C@H](O)[C@H](O[C@@H]5OC(CO)[C@@H](O[C@@H]6OC(CO)[C@H](O)[C@H](O)C6O)[C@H](O)C5NC(C)=O)C4O)C3NC(C)=O)[C@H](O[C@]3(C(=O)O)CC(O)[C@@H](NC(C)=O)C([C@H](O)[C@H](O)CO)O3)C2O)[C@H](O)C1O)NC(=O)CCCCCCCCCCCCCCCCCCC. The van der Waals surface area contributed by atoms with Crippen LogP contribution in [0.4, 0.5) is 0 Å². The lowest BCUT2D eigenvalue weighted by atomic mass is 9.88. The molecule has 7 fully saturated rings. The van der Waals surface area contributed by atoms with Gasteiger partial charge in [0.2, 0.25) is 23.6 Å². The summed E-state index contributed by atoms with van der Waals surface area (Å²) in [6.07, 6.45) is -35.7. The summed E-state index contributed by atoms with van der Waals surface area (Å²) in [6.45, 7) is -1.45. The first kappa shape index (κ1) is 117. The zero-order chi connectivity index (χ0) is 98.5. The Labute approximate surface area is 781 Å². The molecule has 0 aromatic carbocycles. The number of unbranched alkanes of at least 4 members (excludes halogenated alkanes) is 27. The Hall–Kier alpha value is -4.31. The summed E-state index contributed by atoms with van der Waals surface area (Å²) in [5.74, 6) is -8.99. The molecule has 780 valence electrons. The fourth-order valence-corrected chi connectivity index (χ4v) is 18.0. The molecular formula is C89H158N4O41. The third kappa shape index (κ3) is 34.0. The van der Waals surface area contributed by atoms with E-state index in [0.29, 0.717) is 12.8 Å². The first-order valence-electron chi connectivity index (χ1n) is 48.1. The van der Waals surface area contributed by atoms with Crippen LogP contribution in [0.3, 0.4) is 0 Å². The Kier molecular flexibility index (Phi) is 52.4. The summed E-state index contributed by atoms with van der Waals surface area (Å²) in [4.78, 5) is 66.9. The van der Waals surface area contributed by atoms with Gasteiger partial charge in [-0.1, -0.05) is 193 Å². The quantitative estimate of drug-likeness (QED) is 0.0202. The highest BCUT2D eigenvalue weighted by Gasteiger charge is 2.63. The molecule has 38 atom stereocenters. The monoisotopic (exact) mass is 1940 g/mol. The number of carbonyl (C=O) groups excluding carboxylic acids is 4. The molecule has 26 N–H and O–H groups in total. The van der Waals surface area contributed by atoms with Gasteiger partial charge in [0.05, 0.1) is 77.1 Å². The van der Waals surface area contributed by atoms with Crippen LogP contribution in [0.5, 0.6) is 0 Å². The van der Waals surface area contributed by atoms with Gasteiger partial charge in [-0.2, -0.15) is 0 Å². The van der Waals surface area contributed by atoms with Crippen molar-refractivity contribution in [3.05, 3.63) is 12.2 Å². The third-order valence-electron chi connectivity index (χ3n) is 25.7. The number of allylic oxidation sites excluding steroid dienone is 1. The Morgan fingerprint density at radius 1 is 0.388 bits per heavy atom. The largest absolute Gasteiger partial charge is 0.477 e. The van der Waals surface area contributed by atoms with E-state index in [1.165, 1.54) is 115 Å². The van der Waals surface area contributed by atoms with Gasteiger partial charge >= 0.3 is 5.97 Å². The number of nitrogens with one attached hydrogen (secondary N) is 4. The average molecular weight is 1940 g/mol. The maximum absolute atomic E-state index is 14.1. The molecule has 0 radical (unpaired) electrons. The van der Waals surface area contributed by atoms with E-state index in [0.717, 1.165) is 85.0 Å². The molecule has 45 heteroatoms.